The van der Waals surface area contributed by atoms with E-state index in [-0.39, 0.29) is 17.3 Å². The fourth-order valence-electron chi connectivity index (χ4n) is 2.67. The molecule has 2 rings (SSSR count). The first kappa shape index (κ1) is 16.0. The van der Waals surface area contributed by atoms with E-state index in [2.05, 4.69) is 32.9 Å². The van der Waals surface area contributed by atoms with Crippen LogP contribution in [0.3, 0.4) is 0 Å². The van der Waals surface area contributed by atoms with Crippen molar-refractivity contribution in [3.8, 4) is 0 Å². The second kappa shape index (κ2) is 5.43. The van der Waals surface area contributed by atoms with Crippen molar-refractivity contribution in [1.29, 1.82) is 0 Å². The van der Waals surface area contributed by atoms with Crippen LogP contribution in [0.5, 0.6) is 0 Å². The fraction of sp³-hybridized carbons (Fsp3) is 0.667. The molecule has 0 saturated heterocycles. The number of hydrogen-bond acceptors (Lipinski definition) is 3. The molecule has 1 aromatic rings. The first-order chi connectivity index (χ1) is 9.58. The largest absolute Gasteiger partial charge is 0.459 e. The van der Waals surface area contributed by atoms with Crippen molar-refractivity contribution in [3.63, 3.8) is 0 Å². The van der Waals surface area contributed by atoms with E-state index in [1.165, 1.54) is 5.56 Å². The van der Waals surface area contributed by atoms with Gasteiger partial charge >= 0.3 is 5.97 Å². The molecule has 0 amide bonds. The van der Waals surface area contributed by atoms with Gasteiger partial charge in [0.2, 0.25) is 0 Å². The van der Waals surface area contributed by atoms with Gasteiger partial charge in [0.1, 0.15) is 5.60 Å². The average Bonchev–Trinajstić information content (AvgIpc) is 2.34. The summed E-state index contributed by atoms with van der Waals surface area (Å²) in [5.41, 5.74) is 2.71. The molecule has 1 aromatic heterocycles. The molecule has 1 atom stereocenters. The van der Waals surface area contributed by atoms with Gasteiger partial charge in [0.25, 0.3) is 0 Å². The Labute approximate surface area is 128 Å². The molecule has 3 heteroatoms. The Morgan fingerprint density at radius 1 is 1.19 bits per heavy atom. The van der Waals surface area contributed by atoms with Gasteiger partial charge < -0.3 is 4.74 Å². The van der Waals surface area contributed by atoms with Gasteiger partial charge in [-0.15, -0.1) is 0 Å². The number of esters is 1. The zero-order valence-corrected chi connectivity index (χ0v) is 14.1. The first-order valence-electron chi connectivity index (χ1n) is 7.81. The molecule has 0 radical (unpaired) electrons. The summed E-state index contributed by atoms with van der Waals surface area (Å²) in [5, 5.41) is 0. The lowest BCUT2D eigenvalue weighted by atomic mass is 9.84. The molecule has 0 fully saturated rings. The standard InChI is InChI=1S/C18H27NO2/c1-17(2,3)14-11-10-12-8-7-9-13(15(12)19-14)16(20)21-18(4,5)6/h10-11,13H,7-9H2,1-6H3. The number of ether oxygens (including phenoxy) is 1. The lowest BCUT2D eigenvalue weighted by Crippen LogP contribution is -2.30. The van der Waals surface area contributed by atoms with E-state index in [9.17, 15) is 4.79 Å². The fourth-order valence-corrected chi connectivity index (χ4v) is 2.67. The number of carbonyl (C=O) groups is 1. The number of aromatic nitrogens is 1. The summed E-state index contributed by atoms with van der Waals surface area (Å²) >= 11 is 0. The second-order valence-corrected chi connectivity index (χ2v) is 7.97. The van der Waals surface area contributed by atoms with Gasteiger partial charge in [-0.2, -0.15) is 0 Å². The van der Waals surface area contributed by atoms with Crippen LogP contribution in [0.25, 0.3) is 0 Å². The number of fused-ring (bicyclic) bond motifs is 1. The SMILES string of the molecule is CC(C)(C)OC(=O)C1CCCc2ccc(C(C)(C)C)nc21. The van der Waals surface area contributed by atoms with E-state index < -0.39 is 5.60 Å². The van der Waals surface area contributed by atoms with E-state index in [1.807, 2.05) is 20.8 Å². The lowest BCUT2D eigenvalue weighted by molar-refractivity contribution is -0.157. The van der Waals surface area contributed by atoms with Crippen LogP contribution in [0.2, 0.25) is 0 Å². The summed E-state index contributed by atoms with van der Waals surface area (Å²) in [5.74, 6) is -0.350. The van der Waals surface area contributed by atoms with Crippen LogP contribution in [0.1, 0.15) is 77.3 Å². The highest BCUT2D eigenvalue weighted by Gasteiger charge is 2.32. The molecule has 0 N–H and O–H groups in total. The van der Waals surface area contributed by atoms with Crippen LogP contribution < -0.4 is 0 Å². The number of carbonyl (C=O) groups excluding carboxylic acids is 1. The Morgan fingerprint density at radius 2 is 1.86 bits per heavy atom. The monoisotopic (exact) mass is 289 g/mol. The highest BCUT2D eigenvalue weighted by atomic mass is 16.6. The van der Waals surface area contributed by atoms with Gasteiger partial charge in [0.15, 0.2) is 0 Å². The molecule has 1 unspecified atom stereocenters. The summed E-state index contributed by atoms with van der Waals surface area (Å²) in [7, 11) is 0. The van der Waals surface area contributed by atoms with Crippen LogP contribution in [-0.2, 0) is 21.4 Å². The summed E-state index contributed by atoms with van der Waals surface area (Å²) in [6.07, 6.45) is 2.86. The molecule has 116 valence electrons. The van der Waals surface area contributed by atoms with Gasteiger partial charge in [-0.25, -0.2) is 0 Å². The van der Waals surface area contributed by atoms with Gasteiger partial charge in [-0.1, -0.05) is 26.8 Å². The Balaban J connectivity index is 2.35. The molecular weight excluding hydrogens is 262 g/mol. The molecule has 1 aliphatic rings. The molecule has 3 nitrogen and oxygen atoms in total. The predicted octanol–water partition coefficient (Wildman–Crippen LogP) is 4.14. The first-order valence-corrected chi connectivity index (χ1v) is 7.81. The summed E-state index contributed by atoms with van der Waals surface area (Å²) in [4.78, 5) is 17.3. The zero-order chi connectivity index (χ0) is 15.8. The molecule has 0 aromatic carbocycles. The molecule has 0 bridgehead atoms. The zero-order valence-electron chi connectivity index (χ0n) is 14.1. The highest BCUT2D eigenvalue weighted by molar-refractivity contribution is 5.78. The van der Waals surface area contributed by atoms with E-state index >= 15 is 0 Å². The number of pyridine rings is 1. The number of nitrogens with zero attached hydrogens (tertiary/aromatic N) is 1. The highest BCUT2D eigenvalue weighted by Crippen LogP contribution is 2.34. The van der Waals surface area contributed by atoms with Crippen molar-refractivity contribution in [2.45, 2.75) is 77.7 Å². The van der Waals surface area contributed by atoms with Crippen LogP contribution in [0.15, 0.2) is 12.1 Å². The van der Waals surface area contributed by atoms with Crippen molar-refractivity contribution >= 4 is 5.97 Å². The third-order valence-corrected chi connectivity index (χ3v) is 3.74. The van der Waals surface area contributed by atoms with Gasteiger partial charge in [0.05, 0.1) is 11.6 Å². The minimum absolute atomic E-state index is 0.00897. The summed E-state index contributed by atoms with van der Waals surface area (Å²) in [6, 6.07) is 4.23. The Hall–Kier alpha value is -1.38. The topological polar surface area (TPSA) is 39.2 Å². The lowest BCUT2D eigenvalue weighted by Gasteiger charge is -2.29. The van der Waals surface area contributed by atoms with Crippen molar-refractivity contribution in [2.24, 2.45) is 0 Å². The van der Waals surface area contributed by atoms with Crippen LogP contribution >= 0.6 is 0 Å². The normalized spacial score (nSPS) is 19.0. The van der Waals surface area contributed by atoms with Crippen molar-refractivity contribution < 1.29 is 9.53 Å². The van der Waals surface area contributed by atoms with Gasteiger partial charge in [-0.3, -0.25) is 9.78 Å². The smallest absolute Gasteiger partial charge is 0.315 e. The maximum atomic E-state index is 12.5. The average molecular weight is 289 g/mol. The minimum Gasteiger partial charge on any atom is -0.459 e. The molecule has 1 heterocycles. The molecule has 21 heavy (non-hydrogen) atoms. The van der Waals surface area contributed by atoms with Crippen LogP contribution in [-0.4, -0.2) is 16.6 Å². The van der Waals surface area contributed by atoms with Crippen molar-refractivity contribution in [1.82, 2.24) is 4.98 Å². The molecule has 0 spiro atoms. The van der Waals surface area contributed by atoms with Gasteiger partial charge in [-0.05, 0) is 51.7 Å². The quantitative estimate of drug-likeness (QED) is 0.729. The van der Waals surface area contributed by atoms with Crippen LogP contribution in [0.4, 0.5) is 0 Å². The number of hydrogen-bond donors (Lipinski definition) is 0. The van der Waals surface area contributed by atoms with Crippen molar-refractivity contribution in [2.75, 3.05) is 0 Å². The maximum absolute atomic E-state index is 12.5. The van der Waals surface area contributed by atoms with Gasteiger partial charge in [0, 0.05) is 11.1 Å². The second-order valence-electron chi connectivity index (χ2n) is 7.97. The van der Waals surface area contributed by atoms with E-state index in [1.54, 1.807) is 0 Å². The Kier molecular flexibility index (Phi) is 4.14. The van der Waals surface area contributed by atoms with Crippen LogP contribution in [0, 0.1) is 0 Å². The number of rotatable bonds is 1. The van der Waals surface area contributed by atoms with E-state index in [4.69, 9.17) is 9.72 Å². The van der Waals surface area contributed by atoms with E-state index in [0.29, 0.717) is 0 Å². The molecule has 1 aliphatic carbocycles. The van der Waals surface area contributed by atoms with E-state index in [0.717, 1.165) is 30.7 Å². The number of aryl methyl sites for hydroxylation is 1. The minimum atomic E-state index is -0.448. The summed E-state index contributed by atoms with van der Waals surface area (Å²) < 4.78 is 5.58. The third-order valence-electron chi connectivity index (χ3n) is 3.74. The Bertz CT molecular complexity index is 535. The predicted molar refractivity (Wildman–Crippen MR) is 84.5 cm³/mol. The summed E-state index contributed by atoms with van der Waals surface area (Å²) in [6.45, 7) is 12.2. The molecule has 0 saturated carbocycles. The maximum Gasteiger partial charge on any atom is 0.315 e. The molecular formula is C18H27NO2. The molecule has 0 aliphatic heterocycles. The van der Waals surface area contributed by atoms with Crippen molar-refractivity contribution in [3.05, 3.63) is 29.1 Å². The third kappa shape index (κ3) is 3.84. The Morgan fingerprint density at radius 3 is 2.43 bits per heavy atom.